The lowest BCUT2D eigenvalue weighted by Gasteiger charge is -2.20. The molecule has 6 nitrogen and oxygen atoms in total. The van der Waals surface area contributed by atoms with Gasteiger partial charge < -0.3 is 14.8 Å². The number of nitrogens with one attached hydrogen (secondary N) is 1. The van der Waals surface area contributed by atoms with Crippen LogP contribution in [0.4, 0.5) is 0 Å². The first-order valence-electron chi connectivity index (χ1n) is 9.99. The standard InChI is InChI=1S/C24H29N3O3/c1-16-22(17(2)27(3)26-16)14-15-23(28)25-24(18-6-10-20(29-4)11-7-18)19-8-12-21(30-5)13-9-19/h6-13,24H,14-15H2,1-5H3,(H,25,28). The summed E-state index contributed by atoms with van der Waals surface area (Å²) in [5.41, 5.74) is 5.19. The molecule has 0 aliphatic carbocycles. The van der Waals surface area contributed by atoms with Crippen molar-refractivity contribution in [2.24, 2.45) is 7.05 Å². The molecule has 0 unspecified atom stereocenters. The van der Waals surface area contributed by atoms with Crippen LogP contribution in [0.15, 0.2) is 48.5 Å². The molecule has 0 saturated carbocycles. The molecule has 1 heterocycles. The van der Waals surface area contributed by atoms with Gasteiger partial charge in [-0.05, 0) is 61.2 Å². The number of ether oxygens (including phenoxy) is 2. The largest absolute Gasteiger partial charge is 0.497 e. The lowest BCUT2D eigenvalue weighted by molar-refractivity contribution is -0.121. The number of aromatic nitrogens is 2. The van der Waals surface area contributed by atoms with Crippen LogP contribution in [-0.4, -0.2) is 29.9 Å². The van der Waals surface area contributed by atoms with E-state index in [1.165, 1.54) is 0 Å². The second-order valence-electron chi connectivity index (χ2n) is 7.32. The van der Waals surface area contributed by atoms with Crippen LogP contribution in [0.1, 0.15) is 40.5 Å². The topological polar surface area (TPSA) is 65.4 Å². The maximum Gasteiger partial charge on any atom is 0.221 e. The highest BCUT2D eigenvalue weighted by Crippen LogP contribution is 2.26. The van der Waals surface area contributed by atoms with Gasteiger partial charge in [-0.3, -0.25) is 9.48 Å². The van der Waals surface area contributed by atoms with E-state index in [0.717, 1.165) is 39.6 Å². The van der Waals surface area contributed by atoms with Gasteiger partial charge in [-0.1, -0.05) is 24.3 Å². The molecule has 1 amide bonds. The van der Waals surface area contributed by atoms with Gasteiger partial charge >= 0.3 is 0 Å². The molecule has 0 fully saturated rings. The highest BCUT2D eigenvalue weighted by atomic mass is 16.5. The molecule has 158 valence electrons. The normalized spacial score (nSPS) is 10.9. The van der Waals surface area contributed by atoms with Crippen molar-refractivity contribution in [1.29, 1.82) is 0 Å². The van der Waals surface area contributed by atoms with E-state index in [1.54, 1.807) is 14.2 Å². The molecule has 1 N–H and O–H groups in total. The van der Waals surface area contributed by atoms with E-state index < -0.39 is 0 Å². The lowest BCUT2D eigenvalue weighted by atomic mass is 9.98. The summed E-state index contributed by atoms with van der Waals surface area (Å²) in [6.07, 6.45) is 1.06. The molecule has 1 aromatic heterocycles. The van der Waals surface area contributed by atoms with Crippen molar-refractivity contribution in [3.05, 3.63) is 76.6 Å². The fourth-order valence-corrected chi connectivity index (χ4v) is 3.60. The summed E-state index contributed by atoms with van der Waals surface area (Å²) in [6, 6.07) is 15.3. The van der Waals surface area contributed by atoms with E-state index >= 15 is 0 Å². The third-order valence-electron chi connectivity index (χ3n) is 5.46. The van der Waals surface area contributed by atoms with Gasteiger partial charge in [0.15, 0.2) is 0 Å². The Morgan fingerprint density at radius 2 is 1.47 bits per heavy atom. The zero-order chi connectivity index (χ0) is 21.7. The van der Waals surface area contributed by atoms with Crippen molar-refractivity contribution < 1.29 is 14.3 Å². The molecule has 0 radical (unpaired) electrons. The average Bonchev–Trinajstić information content (AvgIpc) is 3.01. The minimum Gasteiger partial charge on any atom is -0.497 e. The number of hydrogen-bond donors (Lipinski definition) is 1. The maximum atomic E-state index is 12.9. The molecule has 3 rings (SSSR count). The predicted octanol–water partition coefficient (Wildman–Crippen LogP) is 3.89. The van der Waals surface area contributed by atoms with Gasteiger partial charge in [-0.2, -0.15) is 5.10 Å². The quantitative estimate of drug-likeness (QED) is 0.615. The number of carbonyl (C=O) groups is 1. The zero-order valence-electron chi connectivity index (χ0n) is 18.2. The highest BCUT2D eigenvalue weighted by molar-refractivity contribution is 5.77. The van der Waals surface area contributed by atoms with Crippen molar-refractivity contribution >= 4 is 5.91 Å². The number of amides is 1. The maximum absolute atomic E-state index is 12.9. The third-order valence-corrected chi connectivity index (χ3v) is 5.46. The SMILES string of the molecule is COc1ccc(C(NC(=O)CCc2c(C)nn(C)c2C)c2ccc(OC)cc2)cc1. The Bertz CT molecular complexity index is 944. The molecule has 0 aliphatic rings. The molecule has 2 aromatic carbocycles. The molecule has 0 atom stereocenters. The first-order chi connectivity index (χ1) is 14.4. The summed E-state index contributed by atoms with van der Waals surface area (Å²) in [4.78, 5) is 12.9. The van der Waals surface area contributed by atoms with Crippen molar-refractivity contribution in [1.82, 2.24) is 15.1 Å². The molecule has 6 heteroatoms. The van der Waals surface area contributed by atoms with E-state index in [9.17, 15) is 4.79 Å². The Kier molecular flexibility index (Phi) is 6.77. The van der Waals surface area contributed by atoms with E-state index in [4.69, 9.17) is 9.47 Å². The van der Waals surface area contributed by atoms with E-state index in [-0.39, 0.29) is 11.9 Å². The van der Waals surface area contributed by atoms with Gasteiger partial charge in [-0.15, -0.1) is 0 Å². The number of rotatable bonds is 8. The van der Waals surface area contributed by atoms with Gasteiger partial charge in [-0.25, -0.2) is 0 Å². The van der Waals surface area contributed by atoms with E-state index in [0.29, 0.717) is 12.8 Å². The van der Waals surface area contributed by atoms with Crippen LogP contribution in [0.3, 0.4) is 0 Å². The van der Waals surface area contributed by atoms with Crippen LogP contribution >= 0.6 is 0 Å². The van der Waals surface area contributed by atoms with Gasteiger partial charge in [0.25, 0.3) is 0 Å². The average molecular weight is 408 g/mol. The Morgan fingerprint density at radius 3 is 1.87 bits per heavy atom. The number of benzene rings is 2. The Balaban J connectivity index is 1.79. The Hall–Kier alpha value is -3.28. The van der Waals surface area contributed by atoms with Crippen LogP contribution in [0.2, 0.25) is 0 Å². The first kappa shape index (κ1) is 21.4. The summed E-state index contributed by atoms with van der Waals surface area (Å²) >= 11 is 0. The fraction of sp³-hybridized carbons (Fsp3) is 0.333. The van der Waals surface area contributed by atoms with E-state index in [2.05, 4.69) is 10.4 Å². The van der Waals surface area contributed by atoms with Crippen molar-refractivity contribution in [2.75, 3.05) is 14.2 Å². The summed E-state index contributed by atoms with van der Waals surface area (Å²) in [6.45, 7) is 4.02. The number of carbonyl (C=O) groups excluding carboxylic acids is 1. The van der Waals surface area contributed by atoms with Crippen molar-refractivity contribution in [3.8, 4) is 11.5 Å². The minimum absolute atomic E-state index is 0.00529. The molecular weight excluding hydrogens is 378 g/mol. The third kappa shape index (κ3) is 4.82. The van der Waals surface area contributed by atoms with Crippen LogP contribution in [0.25, 0.3) is 0 Å². The molecule has 3 aromatic rings. The van der Waals surface area contributed by atoms with E-state index in [1.807, 2.05) is 74.1 Å². The van der Waals surface area contributed by atoms with Crippen LogP contribution < -0.4 is 14.8 Å². The number of hydrogen-bond acceptors (Lipinski definition) is 4. The lowest BCUT2D eigenvalue weighted by Crippen LogP contribution is -2.29. The van der Waals surface area contributed by atoms with Gasteiger partial charge in [0, 0.05) is 19.2 Å². The van der Waals surface area contributed by atoms with Crippen LogP contribution in [0.5, 0.6) is 11.5 Å². The predicted molar refractivity (Wildman–Crippen MR) is 117 cm³/mol. The number of nitrogens with zero attached hydrogens (tertiary/aromatic N) is 2. The highest BCUT2D eigenvalue weighted by Gasteiger charge is 2.18. The first-order valence-corrected chi connectivity index (χ1v) is 9.99. The smallest absolute Gasteiger partial charge is 0.221 e. The summed E-state index contributed by atoms with van der Waals surface area (Å²) in [5, 5.41) is 7.63. The van der Waals surface area contributed by atoms with Crippen LogP contribution in [-0.2, 0) is 18.3 Å². The zero-order valence-corrected chi connectivity index (χ0v) is 18.2. The van der Waals surface area contributed by atoms with Gasteiger partial charge in [0.1, 0.15) is 11.5 Å². The monoisotopic (exact) mass is 407 g/mol. The van der Waals surface area contributed by atoms with Crippen LogP contribution in [0, 0.1) is 13.8 Å². The molecule has 0 spiro atoms. The Morgan fingerprint density at radius 1 is 0.967 bits per heavy atom. The Labute approximate surface area is 177 Å². The molecular formula is C24H29N3O3. The van der Waals surface area contributed by atoms with Crippen molar-refractivity contribution in [3.63, 3.8) is 0 Å². The van der Waals surface area contributed by atoms with Crippen molar-refractivity contribution in [2.45, 2.75) is 32.7 Å². The summed E-state index contributed by atoms with van der Waals surface area (Å²) < 4.78 is 12.4. The second kappa shape index (κ2) is 9.48. The second-order valence-corrected chi connectivity index (χ2v) is 7.32. The molecule has 0 saturated heterocycles. The molecule has 30 heavy (non-hydrogen) atoms. The summed E-state index contributed by atoms with van der Waals surface area (Å²) in [5.74, 6) is 1.55. The number of methoxy groups -OCH3 is 2. The van der Waals surface area contributed by atoms with Gasteiger partial charge in [0.2, 0.25) is 5.91 Å². The molecule has 0 aliphatic heterocycles. The van der Waals surface area contributed by atoms with Gasteiger partial charge in [0.05, 0.1) is 26.0 Å². The number of aryl methyl sites for hydroxylation is 2. The molecule has 0 bridgehead atoms. The minimum atomic E-state index is -0.259. The summed E-state index contributed by atoms with van der Waals surface area (Å²) in [7, 11) is 5.20. The fourth-order valence-electron chi connectivity index (χ4n) is 3.60.